The molecule has 1 aromatic heterocycles. The van der Waals surface area contributed by atoms with Crippen LogP contribution in [0, 0.1) is 16.0 Å². The van der Waals surface area contributed by atoms with E-state index in [4.69, 9.17) is 0 Å². The Balaban J connectivity index is 1.70. The first-order chi connectivity index (χ1) is 10.2. The lowest BCUT2D eigenvalue weighted by Gasteiger charge is -2.29. The molecule has 1 saturated carbocycles. The third kappa shape index (κ3) is 3.10. The van der Waals surface area contributed by atoms with E-state index in [-0.39, 0.29) is 10.8 Å². The Morgan fingerprint density at radius 1 is 1.48 bits per heavy atom. The van der Waals surface area contributed by atoms with Gasteiger partial charge in [0, 0.05) is 42.1 Å². The Labute approximate surface area is 126 Å². The highest BCUT2D eigenvalue weighted by atomic mass is 32.2. The Bertz CT molecular complexity index is 562. The van der Waals surface area contributed by atoms with Crippen molar-refractivity contribution in [2.24, 2.45) is 5.92 Å². The van der Waals surface area contributed by atoms with E-state index in [9.17, 15) is 14.9 Å². The number of thioether (sulfide) groups is 1. The number of hydrogen-bond acceptors (Lipinski definition) is 6. The van der Waals surface area contributed by atoms with Gasteiger partial charge in [0.2, 0.25) is 11.9 Å². The van der Waals surface area contributed by atoms with Crippen molar-refractivity contribution in [3.63, 3.8) is 0 Å². The summed E-state index contributed by atoms with van der Waals surface area (Å²) >= 11 is 1.90. The van der Waals surface area contributed by atoms with Gasteiger partial charge in [0.1, 0.15) is 5.92 Å². The first-order valence-corrected chi connectivity index (χ1v) is 8.04. The molecule has 112 valence electrons. The number of nitrogens with zero attached hydrogens (tertiary/aromatic N) is 3. The second-order valence-electron chi connectivity index (χ2n) is 5.16. The number of anilines is 2. The van der Waals surface area contributed by atoms with Gasteiger partial charge in [-0.15, -0.1) is 0 Å². The lowest BCUT2D eigenvalue weighted by atomic mass is 10.3. The number of nitro groups is 1. The van der Waals surface area contributed by atoms with Crippen LogP contribution in [0.3, 0.4) is 0 Å². The number of pyridine rings is 1. The van der Waals surface area contributed by atoms with Crippen molar-refractivity contribution in [2.75, 3.05) is 34.8 Å². The zero-order chi connectivity index (χ0) is 14.8. The average Bonchev–Trinajstić information content (AvgIpc) is 3.29. The summed E-state index contributed by atoms with van der Waals surface area (Å²) in [4.78, 5) is 28.8. The molecule has 2 atom stereocenters. The van der Waals surface area contributed by atoms with Crippen LogP contribution in [0.15, 0.2) is 18.3 Å². The van der Waals surface area contributed by atoms with Crippen LogP contribution >= 0.6 is 11.8 Å². The molecule has 0 bridgehead atoms. The van der Waals surface area contributed by atoms with E-state index in [0.717, 1.165) is 30.4 Å². The smallest absolute Gasteiger partial charge is 0.234 e. The highest BCUT2D eigenvalue weighted by molar-refractivity contribution is 7.99. The number of hydrogen-bond donors (Lipinski definition) is 1. The molecule has 1 aliphatic heterocycles. The lowest BCUT2D eigenvalue weighted by molar-refractivity contribution is -0.497. The maximum absolute atomic E-state index is 12.1. The van der Waals surface area contributed by atoms with Gasteiger partial charge in [-0.05, 0) is 12.1 Å². The van der Waals surface area contributed by atoms with Gasteiger partial charge in [0.25, 0.3) is 0 Å². The summed E-state index contributed by atoms with van der Waals surface area (Å²) in [5.74, 6) is 2.04. The molecule has 1 N–H and O–H groups in total. The third-order valence-corrected chi connectivity index (χ3v) is 4.66. The van der Waals surface area contributed by atoms with E-state index in [0.29, 0.717) is 12.1 Å². The van der Waals surface area contributed by atoms with Gasteiger partial charge >= 0.3 is 0 Å². The first-order valence-electron chi connectivity index (χ1n) is 6.89. The minimum Gasteiger partial charge on any atom is -0.353 e. The average molecular weight is 308 g/mol. The summed E-state index contributed by atoms with van der Waals surface area (Å²) < 4.78 is 0. The zero-order valence-electron chi connectivity index (χ0n) is 11.4. The van der Waals surface area contributed by atoms with Gasteiger partial charge in [0.15, 0.2) is 5.82 Å². The monoisotopic (exact) mass is 308 g/mol. The minimum atomic E-state index is -0.725. The molecule has 0 radical (unpaired) electrons. The van der Waals surface area contributed by atoms with E-state index in [1.54, 1.807) is 18.3 Å². The highest BCUT2D eigenvalue weighted by Crippen LogP contribution is 2.35. The van der Waals surface area contributed by atoms with Gasteiger partial charge in [-0.2, -0.15) is 11.8 Å². The molecule has 1 aromatic rings. The molecule has 3 rings (SSSR count). The Morgan fingerprint density at radius 2 is 2.24 bits per heavy atom. The van der Waals surface area contributed by atoms with Gasteiger partial charge in [-0.25, -0.2) is 4.98 Å². The maximum atomic E-state index is 12.1. The first kappa shape index (κ1) is 14.1. The SMILES string of the molecule is O=C(Nc1cccnc1N1CCSCC1)[C@H]1C[C@@H]1[N+](=O)[O-]. The Morgan fingerprint density at radius 3 is 2.90 bits per heavy atom. The largest absolute Gasteiger partial charge is 0.353 e. The molecule has 1 aliphatic carbocycles. The molecule has 1 amide bonds. The van der Waals surface area contributed by atoms with Crippen LogP contribution in [0.5, 0.6) is 0 Å². The molecule has 0 aromatic carbocycles. The number of aromatic nitrogens is 1. The molecule has 21 heavy (non-hydrogen) atoms. The van der Waals surface area contributed by atoms with Crippen LogP contribution in [0.1, 0.15) is 6.42 Å². The second-order valence-corrected chi connectivity index (χ2v) is 6.38. The fourth-order valence-corrected chi connectivity index (χ4v) is 3.35. The molecule has 2 heterocycles. The van der Waals surface area contributed by atoms with Crippen molar-refractivity contribution in [3.8, 4) is 0 Å². The number of rotatable bonds is 4. The van der Waals surface area contributed by atoms with Crippen molar-refractivity contribution in [2.45, 2.75) is 12.5 Å². The summed E-state index contributed by atoms with van der Waals surface area (Å²) in [5.41, 5.74) is 0.642. The van der Waals surface area contributed by atoms with Crippen LogP contribution in [-0.4, -0.2) is 46.5 Å². The minimum absolute atomic E-state index is 0.280. The molecule has 2 aliphatic rings. The van der Waals surface area contributed by atoms with Crippen molar-refractivity contribution in [1.82, 2.24) is 4.98 Å². The van der Waals surface area contributed by atoms with E-state index in [2.05, 4.69) is 15.2 Å². The van der Waals surface area contributed by atoms with Crippen molar-refractivity contribution in [3.05, 3.63) is 28.4 Å². The molecular formula is C13H16N4O3S. The molecule has 8 heteroatoms. The topological polar surface area (TPSA) is 88.4 Å². The van der Waals surface area contributed by atoms with Gasteiger partial charge in [-0.1, -0.05) is 0 Å². The molecule has 1 saturated heterocycles. The molecule has 7 nitrogen and oxygen atoms in total. The normalized spacial score (nSPS) is 24.5. The van der Waals surface area contributed by atoms with Crippen LogP contribution in [0.25, 0.3) is 0 Å². The fraction of sp³-hybridized carbons (Fsp3) is 0.538. The number of carbonyl (C=O) groups excluding carboxylic acids is 1. The number of carbonyl (C=O) groups is 1. The quantitative estimate of drug-likeness (QED) is 0.665. The van der Waals surface area contributed by atoms with Crippen LogP contribution < -0.4 is 10.2 Å². The molecular weight excluding hydrogens is 292 g/mol. The van der Waals surface area contributed by atoms with Gasteiger partial charge < -0.3 is 10.2 Å². The van der Waals surface area contributed by atoms with E-state index < -0.39 is 12.0 Å². The second kappa shape index (κ2) is 5.88. The van der Waals surface area contributed by atoms with Crippen molar-refractivity contribution < 1.29 is 9.72 Å². The predicted molar refractivity (Wildman–Crippen MR) is 81.3 cm³/mol. The predicted octanol–water partition coefficient (Wildman–Crippen LogP) is 1.24. The third-order valence-electron chi connectivity index (χ3n) is 3.72. The molecule has 0 unspecified atom stereocenters. The van der Waals surface area contributed by atoms with E-state index in [1.807, 2.05) is 11.8 Å². The van der Waals surface area contributed by atoms with Crippen LogP contribution in [0.2, 0.25) is 0 Å². The van der Waals surface area contributed by atoms with Gasteiger partial charge in [0.05, 0.1) is 5.69 Å². The molecule has 2 fully saturated rings. The van der Waals surface area contributed by atoms with Crippen molar-refractivity contribution in [1.29, 1.82) is 0 Å². The summed E-state index contributed by atoms with van der Waals surface area (Å²) in [6.45, 7) is 1.79. The molecule has 0 spiro atoms. The van der Waals surface area contributed by atoms with Crippen LogP contribution in [-0.2, 0) is 4.79 Å². The highest BCUT2D eigenvalue weighted by Gasteiger charge is 2.53. The fourth-order valence-electron chi connectivity index (χ4n) is 2.44. The lowest BCUT2D eigenvalue weighted by Crippen LogP contribution is -2.34. The standard InChI is InChI=1S/C13H16N4O3S/c18-13(9-8-11(9)17(19)20)15-10-2-1-3-14-12(10)16-4-6-21-7-5-16/h1-3,9,11H,4-8H2,(H,15,18)/t9-,11-/m0/s1. The Kier molecular flexibility index (Phi) is 3.96. The van der Waals surface area contributed by atoms with Crippen LogP contribution in [0.4, 0.5) is 11.5 Å². The zero-order valence-corrected chi connectivity index (χ0v) is 12.2. The Hall–Kier alpha value is -1.83. The summed E-state index contributed by atoms with van der Waals surface area (Å²) in [6, 6.07) is 2.83. The number of amides is 1. The van der Waals surface area contributed by atoms with Gasteiger partial charge in [-0.3, -0.25) is 14.9 Å². The summed E-state index contributed by atoms with van der Waals surface area (Å²) in [7, 11) is 0. The van der Waals surface area contributed by atoms with Crippen molar-refractivity contribution >= 4 is 29.2 Å². The van der Waals surface area contributed by atoms with E-state index in [1.165, 1.54) is 0 Å². The van der Waals surface area contributed by atoms with E-state index >= 15 is 0 Å². The summed E-state index contributed by atoms with van der Waals surface area (Å²) in [5, 5.41) is 13.4. The summed E-state index contributed by atoms with van der Waals surface area (Å²) in [6.07, 6.45) is 2.03. The number of nitrogens with one attached hydrogen (secondary N) is 1. The maximum Gasteiger partial charge on any atom is 0.234 e.